The summed E-state index contributed by atoms with van der Waals surface area (Å²) < 4.78 is 55.4. The third-order valence-corrected chi connectivity index (χ3v) is 8.90. The Balaban J connectivity index is 1.91. The van der Waals surface area contributed by atoms with Gasteiger partial charge in [0.1, 0.15) is 11.6 Å². The normalized spacial score (nSPS) is 14.5. The van der Waals surface area contributed by atoms with Gasteiger partial charge < -0.3 is 9.80 Å². The van der Waals surface area contributed by atoms with Crippen molar-refractivity contribution in [3.63, 3.8) is 0 Å². The number of fused-ring (bicyclic) bond motifs is 1. The molecule has 0 saturated carbocycles. The number of nitrogens with zero attached hydrogens (tertiary/aromatic N) is 7. The molecule has 1 amide bonds. The molecule has 0 N–H and O–H groups in total. The van der Waals surface area contributed by atoms with Gasteiger partial charge in [-0.25, -0.2) is 25.4 Å². The number of benzene rings is 2. The minimum Gasteiger partial charge on any atom is -0.347 e. The zero-order valence-corrected chi connectivity index (χ0v) is 21.9. The molecule has 1 aliphatic rings. The molecule has 12 nitrogen and oxygen atoms in total. The van der Waals surface area contributed by atoms with Gasteiger partial charge in [-0.2, -0.15) is 15.0 Å². The van der Waals surface area contributed by atoms with Crippen LogP contribution in [0.5, 0.6) is 0 Å². The maximum Gasteiger partial charge on any atom is 0.270 e. The second-order valence-electron chi connectivity index (χ2n) is 8.49. The van der Waals surface area contributed by atoms with Crippen molar-refractivity contribution in [2.45, 2.75) is 16.7 Å². The number of aromatic nitrogens is 3. The molecule has 4 rings (SSSR count). The lowest BCUT2D eigenvalue weighted by atomic mass is 10.2. The molecule has 14 heteroatoms. The van der Waals surface area contributed by atoms with E-state index in [1.807, 2.05) is 0 Å². The average Bonchev–Trinajstić information content (AvgIpc) is 3.02. The third-order valence-electron chi connectivity index (χ3n) is 5.40. The summed E-state index contributed by atoms with van der Waals surface area (Å²) >= 11 is 0. The maximum atomic E-state index is 13.9. The van der Waals surface area contributed by atoms with E-state index in [-0.39, 0.29) is 33.2 Å². The van der Waals surface area contributed by atoms with Crippen molar-refractivity contribution in [1.82, 2.24) is 19.3 Å². The molecule has 2 aromatic carbocycles. The predicted molar refractivity (Wildman–Crippen MR) is 134 cm³/mol. The van der Waals surface area contributed by atoms with Crippen LogP contribution in [0.1, 0.15) is 15.9 Å². The first kappa shape index (κ1) is 25.3. The van der Waals surface area contributed by atoms with Crippen LogP contribution in [0, 0.1) is 6.92 Å². The van der Waals surface area contributed by atoms with E-state index in [9.17, 15) is 21.6 Å². The fourth-order valence-electron chi connectivity index (χ4n) is 3.43. The Morgan fingerprint density at radius 2 is 1.36 bits per heavy atom. The second kappa shape index (κ2) is 9.02. The topological polar surface area (TPSA) is 137 Å². The van der Waals surface area contributed by atoms with E-state index in [2.05, 4.69) is 15.0 Å². The highest BCUT2D eigenvalue weighted by molar-refractivity contribution is 7.93. The smallest absolute Gasteiger partial charge is 0.270 e. The van der Waals surface area contributed by atoms with E-state index in [0.717, 1.165) is 5.56 Å². The van der Waals surface area contributed by atoms with Gasteiger partial charge in [-0.15, -0.1) is 0 Å². The largest absolute Gasteiger partial charge is 0.347 e. The summed E-state index contributed by atoms with van der Waals surface area (Å²) in [6.07, 6.45) is 0. The van der Waals surface area contributed by atoms with Gasteiger partial charge in [0.05, 0.1) is 10.5 Å². The summed E-state index contributed by atoms with van der Waals surface area (Å²) in [5.41, 5.74) is 0.794. The number of sulfonamides is 2. The van der Waals surface area contributed by atoms with Crippen molar-refractivity contribution in [3.8, 4) is 0 Å². The summed E-state index contributed by atoms with van der Waals surface area (Å²) in [7, 11) is -2.06. The molecule has 0 saturated heterocycles. The molecule has 0 aliphatic carbocycles. The molecule has 0 bridgehead atoms. The Morgan fingerprint density at radius 3 is 1.89 bits per heavy atom. The first-order valence-corrected chi connectivity index (χ1v) is 13.6. The molecule has 0 spiro atoms. The summed E-state index contributed by atoms with van der Waals surface area (Å²) in [6, 6.07) is 11.7. The number of aryl methyl sites for hydroxylation is 1. The number of hydrogen-bond donors (Lipinski definition) is 0. The fraction of sp³-hybridized carbons (Fsp3) is 0.273. The number of carbonyl (C=O) groups is 1. The molecule has 0 unspecified atom stereocenters. The Morgan fingerprint density at radius 1 is 0.833 bits per heavy atom. The highest BCUT2D eigenvalue weighted by Crippen LogP contribution is 2.32. The van der Waals surface area contributed by atoms with Crippen LogP contribution < -0.4 is 14.1 Å². The number of hydrogen-bond acceptors (Lipinski definition) is 10. The number of anilines is 3. The van der Waals surface area contributed by atoms with Crippen molar-refractivity contribution >= 4 is 43.8 Å². The van der Waals surface area contributed by atoms with Crippen LogP contribution in [0.2, 0.25) is 0 Å². The van der Waals surface area contributed by atoms with Crippen molar-refractivity contribution in [2.75, 3.05) is 49.0 Å². The second-order valence-corrected chi connectivity index (χ2v) is 12.2. The van der Waals surface area contributed by atoms with Gasteiger partial charge >= 0.3 is 0 Å². The zero-order valence-electron chi connectivity index (χ0n) is 20.3. The van der Waals surface area contributed by atoms with Gasteiger partial charge in [0.15, 0.2) is 0 Å². The minimum atomic E-state index is -4.42. The fourth-order valence-corrected chi connectivity index (χ4v) is 6.30. The summed E-state index contributed by atoms with van der Waals surface area (Å²) in [6.45, 7) is 0.940. The SMILES string of the molecule is Cc1ccc(S(=O)(=O)N(CN2C(=O)c3ccccc3S2(=O)=O)c2nc(N(C)C)nc(N(C)C)n2)cc1. The van der Waals surface area contributed by atoms with Gasteiger partial charge in [-0.3, -0.25) is 4.79 Å². The molecular formula is C22H25N7O5S2. The van der Waals surface area contributed by atoms with Gasteiger partial charge in [0, 0.05) is 28.2 Å². The lowest BCUT2D eigenvalue weighted by Crippen LogP contribution is -2.45. The monoisotopic (exact) mass is 531 g/mol. The van der Waals surface area contributed by atoms with Crippen molar-refractivity contribution in [1.29, 1.82) is 0 Å². The molecule has 0 fully saturated rings. The molecule has 190 valence electrons. The van der Waals surface area contributed by atoms with E-state index < -0.39 is 32.6 Å². The van der Waals surface area contributed by atoms with Gasteiger partial charge in [0.25, 0.3) is 26.0 Å². The Labute approximate surface area is 209 Å². The van der Waals surface area contributed by atoms with Crippen LogP contribution in [-0.4, -0.2) is 76.9 Å². The zero-order chi connectivity index (χ0) is 26.4. The van der Waals surface area contributed by atoms with Crippen molar-refractivity contribution in [3.05, 3.63) is 59.7 Å². The molecule has 3 aromatic rings. The average molecular weight is 532 g/mol. The molecule has 0 radical (unpaired) electrons. The maximum absolute atomic E-state index is 13.9. The quantitative estimate of drug-likeness (QED) is 0.439. The number of carbonyl (C=O) groups excluding carboxylic acids is 1. The summed E-state index contributed by atoms with van der Waals surface area (Å²) in [4.78, 5) is 28.8. The van der Waals surface area contributed by atoms with E-state index >= 15 is 0 Å². The van der Waals surface area contributed by atoms with E-state index in [1.54, 1.807) is 57.0 Å². The van der Waals surface area contributed by atoms with Crippen LogP contribution >= 0.6 is 0 Å². The molecular weight excluding hydrogens is 506 g/mol. The van der Waals surface area contributed by atoms with Crippen LogP contribution in [0.4, 0.5) is 17.8 Å². The molecule has 2 heterocycles. The molecule has 36 heavy (non-hydrogen) atoms. The minimum absolute atomic E-state index is 0.0382. The standard InChI is InChI=1S/C22H25N7O5S2/c1-15-10-12-16(13-11-15)35(31,32)29(22-24-20(26(2)3)23-21(25-22)27(4)5)14-28-19(30)17-8-6-7-9-18(17)36(28,33)34/h6-13H,14H2,1-5H3. The third kappa shape index (κ3) is 4.33. The Bertz CT molecular complexity index is 1510. The Hall–Kier alpha value is -3.78. The van der Waals surface area contributed by atoms with Gasteiger partial charge in [-0.05, 0) is 31.2 Å². The number of amides is 1. The van der Waals surface area contributed by atoms with E-state index in [0.29, 0.717) is 8.61 Å². The lowest BCUT2D eigenvalue weighted by Gasteiger charge is -2.28. The van der Waals surface area contributed by atoms with Gasteiger partial charge in [-0.1, -0.05) is 29.8 Å². The van der Waals surface area contributed by atoms with Crippen LogP contribution in [0.3, 0.4) is 0 Å². The Kier molecular flexibility index (Phi) is 6.34. The van der Waals surface area contributed by atoms with Crippen LogP contribution in [-0.2, 0) is 20.0 Å². The van der Waals surface area contributed by atoms with Crippen LogP contribution in [0.25, 0.3) is 0 Å². The first-order valence-electron chi connectivity index (χ1n) is 10.7. The van der Waals surface area contributed by atoms with Crippen molar-refractivity contribution < 1.29 is 21.6 Å². The van der Waals surface area contributed by atoms with Crippen LogP contribution in [0.15, 0.2) is 58.3 Å². The van der Waals surface area contributed by atoms with E-state index in [4.69, 9.17) is 0 Å². The van der Waals surface area contributed by atoms with E-state index in [1.165, 1.54) is 36.4 Å². The number of rotatable bonds is 7. The molecule has 0 atom stereocenters. The first-order chi connectivity index (χ1) is 16.8. The molecule has 1 aliphatic heterocycles. The lowest BCUT2D eigenvalue weighted by molar-refractivity contribution is 0.0874. The highest BCUT2D eigenvalue weighted by Gasteiger charge is 2.44. The summed E-state index contributed by atoms with van der Waals surface area (Å²) in [5, 5.41) is 0. The predicted octanol–water partition coefficient (Wildman–Crippen LogP) is 1.31. The highest BCUT2D eigenvalue weighted by atomic mass is 32.2. The summed E-state index contributed by atoms with van der Waals surface area (Å²) in [5.74, 6) is -0.889. The van der Waals surface area contributed by atoms with Crippen molar-refractivity contribution in [2.24, 2.45) is 0 Å². The molecule has 1 aromatic heterocycles. The van der Waals surface area contributed by atoms with Gasteiger partial charge in [0.2, 0.25) is 17.8 Å².